The first-order valence-electron chi connectivity index (χ1n) is 9.59. The maximum absolute atomic E-state index is 12.4. The molecule has 1 aromatic carbocycles. The summed E-state index contributed by atoms with van der Waals surface area (Å²) in [6.07, 6.45) is 0.548. The highest BCUT2D eigenvalue weighted by Crippen LogP contribution is 2.27. The second-order valence-electron chi connectivity index (χ2n) is 7.08. The van der Waals surface area contributed by atoms with Crippen LogP contribution in [0.2, 0.25) is 0 Å². The number of thiophene rings is 1. The van der Waals surface area contributed by atoms with Crippen LogP contribution in [0.5, 0.6) is 5.75 Å². The first-order chi connectivity index (χ1) is 14.1. The summed E-state index contributed by atoms with van der Waals surface area (Å²) in [6.45, 7) is 1.80. The van der Waals surface area contributed by atoms with Gasteiger partial charge in [0.1, 0.15) is 12.4 Å². The van der Waals surface area contributed by atoms with Crippen LogP contribution in [-0.4, -0.2) is 67.0 Å². The van der Waals surface area contributed by atoms with E-state index in [1.807, 2.05) is 35.7 Å². The summed E-state index contributed by atoms with van der Waals surface area (Å²) in [5, 5.41) is 1.87. The highest BCUT2D eigenvalue weighted by Gasteiger charge is 2.29. The molecule has 2 amide bonds. The van der Waals surface area contributed by atoms with Crippen LogP contribution in [-0.2, 0) is 20.7 Å². The first kappa shape index (κ1) is 19.4. The Bertz CT molecular complexity index is 890. The zero-order chi connectivity index (χ0) is 20.2. The molecule has 0 bridgehead atoms. The Morgan fingerprint density at radius 3 is 2.55 bits per heavy atom. The number of rotatable bonds is 4. The summed E-state index contributed by atoms with van der Waals surface area (Å²) >= 11 is 1.41. The molecule has 0 N–H and O–H groups in total. The van der Waals surface area contributed by atoms with E-state index in [0.29, 0.717) is 37.5 Å². The number of para-hydroxylation sites is 1. The van der Waals surface area contributed by atoms with Gasteiger partial charge >= 0.3 is 5.97 Å². The molecule has 1 fully saturated rings. The van der Waals surface area contributed by atoms with Gasteiger partial charge in [0.05, 0.1) is 10.8 Å². The Morgan fingerprint density at radius 1 is 1.03 bits per heavy atom. The van der Waals surface area contributed by atoms with Crippen LogP contribution >= 0.6 is 11.3 Å². The molecule has 0 radical (unpaired) electrons. The van der Waals surface area contributed by atoms with E-state index in [9.17, 15) is 14.4 Å². The fourth-order valence-corrected chi connectivity index (χ4v) is 4.23. The van der Waals surface area contributed by atoms with Crippen molar-refractivity contribution in [2.24, 2.45) is 5.92 Å². The van der Waals surface area contributed by atoms with Crippen LogP contribution in [0.25, 0.3) is 0 Å². The fraction of sp³-hybridized carbons (Fsp3) is 0.381. The van der Waals surface area contributed by atoms with E-state index >= 15 is 0 Å². The molecule has 7 nitrogen and oxygen atoms in total. The number of fused-ring (bicyclic) bond motifs is 1. The van der Waals surface area contributed by atoms with E-state index in [1.165, 1.54) is 11.3 Å². The lowest BCUT2D eigenvalue weighted by molar-refractivity contribution is -0.157. The Hall–Kier alpha value is -2.87. The summed E-state index contributed by atoms with van der Waals surface area (Å²) in [7, 11) is 0. The van der Waals surface area contributed by atoms with Gasteiger partial charge in [0.15, 0.2) is 6.61 Å². The molecule has 1 atom stereocenters. The van der Waals surface area contributed by atoms with E-state index in [-0.39, 0.29) is 25.0 Å². The number of ether oxygens (including phenoxy) is 2. The number of carbonyl (C=O) groups excluding carboxylic acids is 3. The lowest BCUT2D eigenvalue weighted by Crippen LogP contribution is -2.51. The number of carbonyl (C=O) groups is 3. The molecule has 1 unspecified atom stereocenters. The van der Waals surface area contributed by atoms with Crippen molar-refractivity contribution in [3.63, 3.8) is 0 Å². The third-order valence-corrected chi connectivity index (χ3v) is 6.06. The predicted octanol–water partition coefficient (Wildman–Crippen LogP) is 1.83. The molecular weight excluding hydrogens is 392 g/mol. The van der Waals surface area contributed by atoms with Gasteiger partial charge in [-0.3, -0.25) is 14.4 Å². The Kier molecular flexibility index (Phi) is 5.80. The van der Waals surface area contributed by atoms with Gasteiger partial charge in [-0.2, -0.15) is 0 Å². The number of esters is 1. The highest BCUT2D eigenvalue weighted by molar-refractivity contribution is 7.12. The van der Waals surface area contributed by atoms with Crippen LogP contribution < -0.4 is 4.74 Å². The number of nitrogens with zero attached hydrogens (tertiary/aromatic N) is 2. The summed E-state index contributed by atoms with van der Waals surface area (Å²) in [6, 6.07) is 11.3. The number of piperazine rings is 1. The van der Waals surface area contributed by atoms with Crippen LogP contribution in [0.4, 0.5) is 0 Å². The van der Waals surface area contributed by atoms with Crippen molar-refractivity contribution < 1.29 is 23.9 Å². The van der Waals surface area contributed by atoms with Crippen LogP contribution in [0.15, 0.2) is 41.8 Å². The normalized spacial score (nSPS) is 18.6. The van der Waals surface area contributed by atoms with Gasteiger partial charge in [0.2, 0.25) is 0 Å². The smallest absolute Gasteiger partial charge is 0.313 e. The molecule has 8 heteroatoms. The molecule has 2 aromatic rings. The van der Waals surface area contributed by atoms with Crippen molar-refractivity contribution in [3.8, 4) is 5.75 Å². The molecule has 1 aromatic heterocycles. The van der Waals surface area contributed by atoms with Gasteiger partial charge in [-0.15, -0.1) is 11.3 Å². The highest BCUT2D eigenvalue weighted by atomic mass is 32.1. The lowest BCUT2D eigenvalue weighted by atomic mass is 9.97. The van der Waals surface area contributed by atoms with Crippen molar-refractivity contribution >= 4 is 29.1 Å². The van der Waals surface area contributed by atoms with E-state index in [1.54, 1.807) is 15.9 Å². The number of hydrogen-bond acceptors (Lipinski definition) is 6. The molecule has 0 spiro atoms. The van der Waals surface area contributed by atoms with Gasteiger partial charge in [-0.25, -0.2) is 0 Å². The number of amides is 2. The van der Waals surface area contributed by atoms with Gasteiger partial charge in [0.25, 0.3) is 11.8 Å². The molecule has 0 aliphatic carbocycles. The third-order valence-electron chi connectivity index (χ3n) is 5.20. The molecule has 3 heterocycles. The standard InChI is InChI=1S/C21H22N2O5S/c24-19(22-7-9-23(10-8-22)20(25)18-6-3-11-29-18)14-28-21(26)16-12-15-4-1-2-5-17(15)27-13-16/h1-6,11,16H,7-10,12-14H2. The average Bonchev–Trinajstić information content (AvgIpc) is 3.31. The van der Waals surface area contributed by atoms with Crippen LogP contribution in [0, 0.1) is 5.92 Å². The lowest BCUT2D eigenvalue weighted by Gasteiger charge is -2.34. The predicted molar refractivity (Wildman–Crippen MR) is 107 cm³/mol. The van der Waals surface area contributed by atoms with Gasteiger partial charge in [-0.05, 0) is 29.5 Å². The third kappa shape index (κ3) is 4.42. The monoisotopic (exact) mass is 414 g/mol. The van der Waals surface area contributed by atoms with Gasteiger partial charge < -0.3 is 19.3 Å². The topological polar surface area (TPSA) is 76.2 Å². The molecule has 2 aliphatic heterocycles. The van der Waals surface area contributed by atoms with Gasteiger partial charge in [0, 0.05) is 26.2 Å². The maximum atomic E-state index is 12.4. The van der Waals surface area contributed by atoms with Crippen molar-refractivity contribution in [2.45, 2.75) is 6.42 Å². The molecule has 152 valence electrons. The van der Waals surface area contributed by atoms with Crippen molar-refractivity contribution in [1.29, 1.82) is 0 Å². The minimum atomic E-state index is -0.417. The van der Waals surface area contributed by atoms with E-state index in [2.05, 4.69) is 0 Å². The Morgan fingerprint density at radius 2 is 1.79 bits per heavy atom. The fourth-order valence-electron chi connectivity index (χ4n) is 3.54. The summed E-state index contributed by atoms with van der Waals surface area (Å²) in [5.74, 6) is -0.269. The van der Waals surface area contributed by atoms with E-state index in [4.69, 9.17) is 9.47 Å². The van der Waals surface area contributed by atoms with E-state index in [0.717, 1.165) is 11.3 Å². The summed E-state index contributed by atoms with van der Waals surface area (Å²) in [5.41, 5.74) is 0.971. The first-order valence-corrected chi connectivity index (χ1v) is 10.5. The average molecular weight is 414 g/mol. The minimum absolute atomic E-state index is 0.00361. The molecule has 4 rings (SSSR count). The largest absolute Gasteiger partial charge is 0.492 e. The number of benzene rings is 1. The molecule has 1 saturated heterocycles. The SMILES string of the molecule is O=C(OCC(=O)N1CCN(C(=O)c2cccs2)CC1)C1COc2ccccc2C1. The quantitative estimate of drug-likeness (QED) is 0.714. The Balaban J connectivity index is 1.22. The number of hydrogen-bond donors (Lipinski definition) is 0. The summed E-state index contributed by atoms with van der Waals surface area (Å²) < 4.78 is 10.9. The molecule has 29 heavy (non-hydrogen) atoms. The zero-order valence-corrected chi connectivity index (χ0v) is 16.7. The molecule has 2 aliphatic rings. The maximum Gasteiger partial charge on any atom is 0.313 e. The van der Waals surface area contributed by atoms with E-state index < -0.39 is 11.9 Å². The molecule has 0 saturated carbocycles. The van der Waals surface area contributed by atoms with Crippen molar-refractivity contribution in [3.05, 3.63) is 52.2 Å². The zero-order valence-electron chi connectivity index (χ0n) is 15.9. The second-order valence-corrected chi connectivity index (χ2v) is 8.03. The van der Waals surface area contributed by atoms with Crippen molar-refractivity contribution in [2.75, 3.05) is 39.4 Å². The Labute approximate surface area is 172 Å². The minimum Gasteiger partial charge on any atom is -0.492 e. The molecular formula is C21H22N2O5S. The van der Waals surface area contributed by atoms with Crippen LogP contribution in [0.1, 0.15) is 15.2 Å². The van der Waals surface area contributed by atoms with Crippen molar-refractivity contribution in [1.82, 2.24) is 9.80 Å². The summed E-state index contributed by atoms with van der Waals surface area (Å²) in [4.78, 5) is 41.2. The van der Waals surface area contributed by atoms with Crippen LogP contribution in [0.3, 0.4) is 0 Å². The second kappa shape index (κ2) is 8.65. The van der Waals surface area contributed by atoms with Gasteiger partial charge in [-0.1, -0.05) is 24.3 Å².